The molecule has 7 nitrogen and oxygen atoms in total. The van der Waals surface area contributed by atoms with Crippen LogP contribution in [0.4, 0.5) is 5.82 Å². The summed E-state index contributed by atoms with van der Waals surface area (Å²) in [7, 11) is 1.62. The monoisotopic (exact) mass is 468 g/mol. The van der Waals surface area contributed by atoms with Gasteiger partial charge in [-0.3, -0.25) is 9.59 Å². The Labute approximate surface area is 199 Å². The quantitative estimate of drug-likeness (QED) is 0.522. The fourth-order valence-corrected chi connectivity index (χ4v) is 4.01. The first-order chi connectivity index (χ1) is 15.6. The number of hydrogen-bond donors (Lipinski definition) is 1. The van der Waals surface area contributed by atoms with E-state index in [0.717, 1.165) is 22.0 Å². The van der Waals surface area contributed by atoms with Crippen LogP contribution >= 0.6 is 11.3 Å². The SMILES string of the molecule is COc1ccc(-n2nc(C(C)(C)C)cc2NC(=O)CN(C(=O)Cc2cccs2)C(C)C)cc1. The van der Waals surface area contributed by atoms with Gasteiger partial charge in [0.1, 0.15) is 18.1 Å². The topological polar surface area (TPSA) is 76.5 Å². The first-order valence-electron chi connectivity index (χ1n) is 10.9. The Morgan fingerprint density at radius 1 is 1.18 bits per heavy atom. The number of methoxy groups -OCH3 is 1. The van der Waals surface area contributed by atoms with E-state index in [1.54, 1.807) is 28.0 Å². The summed E-state index contributed by atoms with van der Waals surface area (Å²) in [5.74, 6) is 0.967. The van der Waals surface area contributed by atoms with Gasteiger partial charge >= 0.3 is 0 Å². The molecule has 3 aromatic rings. The van der Waals surface area contributed by atoms with Crippen LogP contribution in [0, 0.1) is 0 Å². The molecular formula is C25H32N4O3S. The van der Waals surface area contributed by atoms with E-state index >= 15 is 0 Å². The lowest BCUT2D eigenvalue weighted by molar-refractivity contribution is -0.135. The Bertz CT molecular complexity index is 1080. The molecule has 1 N–H and O–H groups in total. The van der Waals surface area contributed by atoms with E-state index < -0.39 is 0 Å². The molecule has 0 fully saturated rings. The lowest BCUT2D eigenvalue weighted by Crippen LogP contribution is -2.43. The van der Waals surface area contributed by atoms with E-state index in [1.807, 2.05) is 61.7 Å². The second kappa shape index (κ2) is 10.2. The van der Waals surface area contributed by atoms with Gasteiger partial charge in [-0.15, -0.1) is 11.3 Å². The summed E-state index contributed by atoms with van der Waals surface area (Å²) in [5, 5.41) is 9.66. The molecule has 0 radical (unpaired) electrons. The van der Waals surface area contributed by atoms with Gasteiger partial charge in [0.25, 0.3) is 0 Å². The molecule has 0 atom stereocenters. The highest BCUT2D eigenvalue weighted by molar-refractivity contribution is 7.10. The smallest absolute Gasteiger partial charge is 0.245 e. The molecule has 2 heterocycles. The molecule has 8 heteroatoms. The molecule has 0 aliphatic rings. The van der Waals surface area contributed by atoms with Crippen molar-refractivity contribution in [2.24, 2.45) is 0 Å². The largest absolute Gasteiger partial charge is 0.497 e. The van der Waals surface area contributed by atoms with E-state index in [9.17, 15) is 9.59 Å². The Balaban J connectivity index is 1.82. The van der Waals surface area contributed by atoms with Crippen LogP contribution < -0.4 is 10.1 Å². The van der Waals surface area contributed by atoms with E-state index in [4.69, 9.17) is 9.84 Å². The molecule has 3 rings (SSSR count). The molecule has 0 aliphatic heterocycles. The number of benzene rings is 1. The van der Waals surface area contributed by atoms with Crippen LogP contribution in [-0.4, -0.2) is 46.2 Å². The van der Waals surface area contributed by atoms with E-state index in [-0.39, 0.29) is 29.8 Å². The van der Waals surface area contributed by atoms with Gasteiger partial charge < -0.3 is 15.0 Å². The van der Waals surface area contributed by atoms with Crippen LogP contribution in [0.25, 0.3) is 5.69 Å². The third-order valence-corrected chi connectivity index (χ3v) is 6.10. The van der Waals surface area contributed by atoms with Crippen molar-refractivity contribution in [3.05, 3.63) is 58.4 Å². The molecular weight excluding hydrogens is 436 g/mol. The number of rotatable bonds is 8. The van der Waals surface area contributed by atoms with Crippen molar-refractivity contribution >= 4 is 29.0 Å². The van der Waals surface area contributed by atoms with Crippen molar-refractivity contribution in [1.29, 1.82) is 0 Å². The van der Waals surface area contributed by atoms with E-state index in [0.29, 0.717) is 12.2 Å². The number of anilines is 1. The fraction of sp³-hybridized carbons (Fsp3) is 0.400. The predicted molar refractivity (Wildman–Crippen MR) is 132 cm³/mol. The summed E-state index contributed by atoms with van der Waals surface area (Å²) >= 11 is 1.54. The van der Waals surface area contributed by atoms with Gasteiger partial charge in [-0.05, 0) is 49.6 Å². The van der Waals surface area contributed by atoms with Gasteiger partial charge in [0.15, 0.2) is 0 Å². The molecule has 0 saturated heterocycles. The van der Waals surface area contributed by atoms with Crippen molar-refractivity contribution < 1.29 is 14.3 Å². The Hall–Kier alpha value is -3.13. The fourth-order valence-electron chi connectivity index (χ4n) is 3.32. The Morgan fingerprint density at radius 3 is 2.42 bits per heavy atom. The van der Waals surface area contributed by atoms with Crippen molar-refractivity contribution in [2.75, 3.05) is 19.0 Å². The summed E-state index contributed by atoms with van der Waals surface area (Å²) in [4.78, 5) is 28.5. The zero-order chi connectivity index (χ0) is 24.2. The number of carbonyl (C=O) groups is 2. The lowest BCUT2D eigenvalue weighted by atomic mass is 9.92. The maximum absolute atomic E-state index is 13.0. The highest BCUT2D eigenvalue weighted by Crippen LogP contribution is 2.27. The second-order valence-electron chi connectivity index (χ2n) is 9.19. The van der Waals surface area contributed by atoms with E-state index in [1.165, 1.54) is 0 Å². The first-order valence-corrected chi connectivity index (χ1v) is 11.8. The highest BCUT2D eigenvalue weighted by Gasteiger charge is 2.24. The van der Waals surface area contributed by atoms with Gasteiger partial charge in [-0.25, -0.2) is 4.68 Å². The number of nitrogens with zero attached hydrogens (tertiary/aromatic N) is 3. The van der Waals surface area contributed by atoms with Crippen LogP contribution in [0.3, 0.4) is 0 Å². The molecule has 176 valence electrons. The molecule has 0 bridgehead atoms. The molecule has 1 aromatic carbocycles. The Kier molecular flexibility index (Phi) is 7.58. The number of ether oxygens (including phenoxy) is 1. The Morgan fingerprint density at radius 2 is 1.88 bits per heavy atom. The summed E-state index contributed by atoms with van der Waals surface area (Å²) in [6.45, 7) is 10.0. The maximum atomic E-state index is 13.0. The van der Waals surface area contributed by atoms with E-state index in [2.05, 4.69) is 26.1 Å². The minimum Gasteiger partial charge on any atom is -0.497 e. The third kappa shape index (κ3) is 6.22. The molecule has 0 aliphatic carbocycles. The average Bonchev–Trinajstić information content (AvgIpc) is 3.41. The third-order valence-electron chi connectivity index (χ3n) is 5.23. The maximum Gasteiger partial charge on any atom is 0.245 e. The molecule has 0 unspecified atom stereocenters. The van der Waals surface area contributed by atoms with Crippen molar-refractivity contribution in [2.45, 2.75) is 52.5 Å². The molecule has 0 spiro atoms. The van der Waals surface area contributed by atoms with Gasteiger partial charge in [-0.2, -0.15) is 5.10 Å². The zero-order valence-electron chi connectivity index (χ0n) is 20.1. The van der Waals surface area contributed by atoms with Crippen molar-refractivity contribution in [1.82, 2.24) is 14.7 Å². The number of hydrogen-bond acceptors (Lipinski definition) is 5. The number of nitrogens with one attached hydrogen (secondary N) is 1. The molecule has 0 saturated carbocycles. The van der Waals surface area contributed by atoms with Gasteiger partial charge in [-0.1, -0.05) is 26.8 Å². The van der Waals surface area contributed by atoms with Crippen LogP contribution in [0.5, 0.6) is 5.75 Å². The molecule has 33 heavy (non-hydrogen) atoms. The van der Waals surface area contributed by atoms with Crippen LogP contribution in [-0.2, 0) is 21.4 Å². The number of carbonyl (C=O) groups excluding carboxylic acids is 2. The van der Waals surface area contributed by atoms with Crippen molar-refractivity contribution in [3.63, 3.8) is 0 Å². The summed E-state index contributed by atoms with van der Waals surface area (Å²) < 4.78 is 6.96. The number of aromatic nitrogens is 2. The average molecular weight is 469 g/mol. The summed E-state index contributed by atoms with van der Waals surface area (Å²) in [6, 6.07) is 13.1. The predicted octanol–water partition coefficient (Wildman–Crippen LogP) is 4.66. The van der Waals surface area contributed by atoms with Crippen LogP contribution in [0.15, 0.2) is 47.8 Å². The highest BCUT2D eigenvalue weighted by atomic mass is 32.1. The minimum atomic E-state index is -0.265. The normalized spacial score (nSPS) is 11.5. The molecule has 2 amide bonds. The van der Waals surface area contributed by atoms with Crippen LogP contribution in [0.1, 0.15) is 45.2 Å². The second-order valence-corrected chi connectivity index (χ2v) is 10.2. The van der Waals surface area contributed by atoms with Gasteiger partial charge in [0, 0.05) is 22.4 Å². The minimum absolute atomic E-state index is 0.0273. The first kappa shape index (κ1) is 24.5. The standard InChI is InChI=1S/C25H32N4O3S/c1-17(2)28(24(31)14-20-8-7-13-33-20)16-23(30)26-22-15-21(25(3,4)5)27-29(22)18-9-11-19(32-6)12-10-18/h7-13,15,17H,14,16H2,1-6H3,(H,26,30). The number of amides is 2. The van der Waals surface area contributed by atoms with Gasteiger partial charge in [0.05, 0.1) is 24.9 Å². The lowest BCUT2D eigenvalue weighted by Gasteiger charge is -2.26. The number of thiophene rings is 1. The zero-order valence-corrected chi connectivity index (χ0v) is 20.9. The molecule has 2 aromatic heterocycles. The summed E-state index contributed by atoms with van der Waals surface area (Å²) in [5.41, 5.74) is 1.46. The van der Waals surface area contributed by atoms with Gasteiger partial charge in [0.2, 0.25) is 11.8 Å². The summed E-state index contributed by atoms with van der Waals surface area (Å²) in [6.07, 6.45) is 0.293. The van der Waals surface area contributed by atoms with Crippen LogP contribution in [0.2, 0.25) is 0 Å². The van der Waals surface area contributed by atoms with Crippen molar-refractivity contribution in [3.8, 4) is 11.4 Å².